The van der Waals surface area contributed by atoms with Crippen LogP contribution in [0.2, 0.25) is 0 Å². The Labute approximate surface area is 211 Å². The first-order valence-electron chi connectivity index (χ1n) is 12.1. The van der Waals surface area contributed by atoms with Gasteiger partial charge in [0.05, 0.1) is 25.0 Å². The van der Waals surface area contributed by atoms with Crippen molar-refractivity contribution in [1.29, 1.82) is 0 Å². The van der Waals surface area contributed by atoms with Gasteiger partial charge in [-0.2, -0.15) is 8.61 Å². The molecule has 10 heteroatoms. The summed E-state index contributed by atoms with van der Waals surface area (Å²) in [4.78, 5) is 5.03. The summed E-state index contributed by atoms with van der Waals surface area (Å²) in [6.45, 7) is 5.97. The molecule has 0 radical (unpaired) electrons. The average molecular weight is 534 g/mol. The van der Waals surface area contributed by atoms with Gasteiger partial charge in [0.15, 0.2) is 0 Å². The van der Waals surface area contributed by atoms with Crippen molar-refractivity contribution < 1.29 is 16.8 Å². The van der Waals surface area contributed by atoms with Crippen LogP contribution in [-0.2, 0) is 20.0 Å². The second-order valence-corrected chi connectivity index (χ2v) is 14.9. The quantitative estimate of drug-likeness (QED) is 0.481. The molecule has 2 unspecified atom stereocenters. The molecule has 7 nitrogen and oxygen atoms in total. The van der Waals surface area contributed by atoms with Gasteiger partial charge < -0.3 is 0 Å². The number of hydrogen-bond donors (Lipinski definition) is 0. The van der Waals surface area contributed by atoms with E-state index in [9.17, 15) is 16.8 Å². The third-order valence-electron chi connectivity index (χ3n) is 7.05. The number of para-hydroxylation sites is 1. The molecule has 188 valence electrons. The average Bonchev–Trinajstić information content (AvgIpc) is 3.28. The van der Waals surface area contributed by atoms with E-state index in [2.05, 4.69) is 19.9 Å². The molecule has 0 amide bonds. The van der Waals surface area contributed by atoms with Gasteiger partial charge in [-0.15, -0.1) is 11.3 Å². The third-order valence-corrected chi connectivity index (χ3v) is 12.0. The summed E-state index contributed by atoms with van der Waals surface area (Å²) >= 11 is 1.68. The van der Waals surface area contributed by atoms with E-state index in [4.69, 9.17) is 4.98 Å². The van der Waals surface area contributed by atoms with E-state index in [0.717, 1.165) is 34.5 Å². The normalized spacial score (nSPS) is 23.6. The summed E-state index contributed by atoms with van der Waals surface area (Å²) in [5.74, 6) is 0.860. The first-order chi connectivity index (χ1) is 16.6. The zero-order valence-electron chi connectivity index (χ0n) is 20.0. The zero-order chi connectivity index (χ0) is 24.8. The summed E-state index contributed by atoms with van der Waals surface area (Å²) in [6.07, 6.45) is 2.45. The number of hydrogen-bond acceptors (Lipinski definition) is 6. The Morgan fingerprint density at radius 3 is 1.91 bits per heavy atom. The van der Waals surface area contributed by atoms with E-state index >= 15 is 0 Å². The Bertz CT molecular complexity index is 1370. The fraction of sp³-hybridized carbons (Fsp3) is 0.480. The van der Waals surface area contributed by atoms with E-state index in [-0.39, 0.29) is 15.7 Å². The van der Waals surface area contributed by atoms with Gasteiger partial charge in [0.25, 0.3) is 0 Å². The van der Waals surface area contributed by atoms with Crippen LogP contribution in [0.4, 0.5) is 0 Å². The van der Waals surface area contributed by atoms with Gasteiger partial charge in [-0.1, -0.05) is 26.0 Å². The second kappa shape index (κ2) is 9.55. The van der Waals surface area contributed by atoms with Crippen LogP contribution < -0.4 is 0 Å². The Balaban J connectivity index is 1.28. The van der Waals surface area contributed by atoms with E-state index in [1.807, 2.05) is 18.2 Å². The highest BCUT2D eigenvalue weighted by Crippen LogP contribution is 2.35. The number of nitrogens with zero attached hydrogens (tertiary/aromatic N) is 3. The fourth-order valence-electron chi connectivity index (χ4n) is 5.29. The minimum atomic E-state index is -3.69. The Morgan fingerprint density at radius 1 is 0.800 bits per heavy atom. The second-order valence-electron chi connectivity index (χ2n) is 9.94. The lowest BCUT2D eigenvalue weighted by atomic mass is 9.94. The smallest absolute Gasteiger partial charge is 0.241 e. The maximum absolute atomic E-state index is 13.3. The van der Waals surface area contributed by atoms with E-state index in [1.54, 1.807) is 11.3 Å². The maximum Gasteiger partial charge on any atom is 0.243 e. The number of sulfonamides is 2. The van der Waals surface area contributed by atoms with Gasteiger partial charge in [-0.05, 0) is 67.5 Å². The molecule has 5 rings (SSSR count). The number of aromatic nitrogens is 1. The summed E-state index contributed by atoms with van der Waals surface area (Å²) in [7, 11) is -7.33. The highest BCUT2D eigenvalue weighted by atomic mass is 32.2. The highest BCUT2D eigenvalue weighted by molar-refractivity contribution is 7.89. The molecule has 2 aliphatic rings. The van der Waals surface area contributed by atoms with Gasteiger partial charge in [0.1, 0.15) is 0 Å². The monoisotopic (exact) mass is 533 g/mol. The summed E-state index contributed by atoms with van der Waals surface area (Å²) in [6, 6.07) is 13.8. The molecule has 2 atom stereocenters. The van der Waals surface area contributed by atoms with Crippen molar-refractivity contribution in [2.24, 2.45) is 11.8 Å². The first kappa shape index (κ1) is 24.8. The van der Waals surface area contributed by atoms with Gasteiger partial charge in [0.2, 0.25) is 20.0 Å². The van der Waals surface area contributed by atoms with Crippen LogP contribution in [0.5, 0.6) is 0 Å². The van der Waals surface area contributed by atoms with Gasteiger partial charge in [0, 0.05) is 32.1 Å². The number of fused-ring (bicyclic) bond motifs is 1. The Hall–Kier alpha value is -1.85. The van der Waals surface area contributed by atoms with Crippen molar-refractivity contribution in [2.45, 2.75) is 48.8 Å². The summed E-state index contributed by atoms with van der Waals surface area (Å²) in [5, 5.41) is 1.07. The molecule has 2 aromatic carbocycles. The molecule has 0 spiro atoms. The molecule has 0 N–H and O–H groups in total. The van der Waals surface area contributed by atoms with Crippen molar-refractivity contribution >= 4 is 41.6 Å². The van der Waals surface area contributed by atoms with Gasteiger partial charge in [-0.25, -0.2) is 21.8 Å². The third kappa shape index (κ3) is 4.91. The van der Waals surface area contributed by atoms with Crippen molar-refractivity contribution in [3.8, 4) is 0 Å². The predicted octanol–water partition coefficient (Wildman–Crippen LogP) is 4.53. The molecular formula is C25H31N3O4S3. The van der Waals surface area contributed by atoms with Crippen LogP contribution >= 0.6 is 11.3 Å². The van der Waals surface area contributed by atoms with E-state index in [0.29, 0.717) is 38.0 Å². The molecule has 0 bridgehead atoms. The molecule has 1 aromatic heterocycles. The minimum Gasteiger partial charge on any atom is -0.241 e. The van der Waals surface area contributed by atoms with E-state index < -0.39 is 20.0 Å². The molecule has 0 aliphatic carbocycles. The lowest BCUT2D eigenvalue weighted by Crippen LogP contribution is -2.42. The zero-order valence-corrected chi connectivity index (χ0v) is 22.4. The largest absolute Gasteiger partial charge is 0.243 e. The van der Waals surface area contributed by atoms with Crippen molar-refractivity contribution in [3.63, 3.8) is 0 Å². The molecule has 0 saturated carbocycles. The predicted molar refractivity (Wildman–Crippen MR) is 138 cm³/mol. The lowest BCUT2D eigenvalue weighted by molar-refractivity contribution is 0.222. The molecule has 2 saturated heterocycles. The molecule has 3 aromatic rings. The topological polar surface area (TPSA) is 87.7 Å². The van der Waals surface area contributed by atoms with Crippen LogP contribution in [0.15, 0.2) is 58.3 Å². The molecule has 35 heavy (non-hydrogen) atoms. The standard InChI is InChI=1S/C25H31N3O4S3/c1-18-15-19(2)17-28(16-18)35(31,32)22-9-7-21(8-10-22)34(29,30)27-13-11-20(12-14-27)25-26-23-5-3-4-6-24(23)33-25/h3-10,18-20H,11-17H2,1-2H3. The number of piperidine rings is 2. The fourth-order valence-corrected chi connectivity index (χ4v) is 9.58. The Kier molecular flexibility index (Phi) is 6.78. The van der Waals surface area contributed by atoms with E-state index in [1.165, 1.54) is 32.9 Å². The Morgan fingerprint density at radius 2 is 1.34 bits per heavy atom. The number of benzene rings is 2. The highest BCUT2D eigenvalue weighted by Gasteiger charge is 2.34. The van der Waals surface area contributed by atoms with Crippen LogP contribution in [0.3, 0.4) is 0 Å². The number of thiazole rings is 1. The van der Waals surface area contributed by atoms with Crippen molar-refractivity contribution in [3.05, 3.63) is 53.5 Å². The van der Waals surface area contributed by atoms with Crippen molar-refractivity contribution in [2.75, 3.05) is 26.2 Å². The first-order valence-corrected chi connectivity index (χ1v) is 15.8. The summed E-state index contributed by atoms with van der Waals surface area (Å²) < 4.78 is 57.0. The van der Waals surface area contributed by atoms with Gasteiger partial charge >= 0.3 is 0 Å². The molecule has 2 fully saturated rings. The van der Waals surface area contributed by atoms with Crippen LogP contribution in [-0.4, -0.2) is 56.6 Å². The SMILES string of the molecule is CC1CC(C)CN(S(=O)(=O)c2ccc(S(=O)(=O)N3CCC(c4nc5ccccc5s4)CC3)cc2)C1. The molecule has 3 heterocycles. The van der Waals surface area contributed by atoms with Crippen molar-refractivity contribution in [1.82, 2.24) is 13.6 Å². The van der Waals surface area contributed by atoms with Crippen LogP contribution in [0, 0.1) is 11.8 Å². The summed E-state index contributed by atoms with van der Waals surface area (Å²) in [5.41, 5.74) is 0.992. The molecule has 2 aliphatic heterocycles. The number of rotatable bonds is 5. The van der Waals surface area contributed by atoms with Crippen LogP contribution in [0.25, 0.3) is 10.2 Å². The molecular weight excluding hydrogens is 502 g/mol. The van der Waals surface area contributed by atoms with Gasteiger partial charge in [-0.3, -0.25) is 0 Å². The lowest BCUT2D eigenvalue weighted by Gasteiger charge is -2.34. The van der Waals surface area contributed by atoms with Crippen LogP contribution in [0.1, 0.15) is 44.0 Å². The minimum absolute atomic E-state index is 0.135. The maximum atomic E-state index is 13.3.